The van der Waals surface area contributed by atoms with Gasteiger partial charge < -0.3 is 5.32 Å². The standard InChI is InChI=1S/C10H12BrNS/c11-8-1-3-9(4-2-8)13-10-5-6-12-7-10/h1-4,10,12H,5-7H2. The molecular formula is C10H12BrNS. The Balaban J connectivity index is 1.97. The lowest BCUT2D eigenvalue weighted by molar-refractivity contribution is 0.858. The summed E-state index contributed by atoms with van der Waals surface area (Å²) in [7, 11) is 0. The van der Waals surface area contributed by atoms with Crippen LogP contribution in [0.3, 0.4) is 0 Å². The zero-order valence-corrected chi connectivity index (χ0v) is 9.70. The lowest BCUT2D eigenvalue weighted by atomic mass is 10.4. The van der Waals surface area contributed by atoms with E-state index in [1.165, 1.54) is 17.9 Å². The summed E-state index contributed by atoms with van der Waals surface area (Å²) in [6.45, 7) is 2.33. The first-order chi connectivity index (χ1) is 6.34. The number of thioether (sulfide) groups is 1. The summed E-state index contributed by atoms with van der Waals surface area (Å²) in [5, 5.41) is 4.14. The van der Waals surface area contributed by atoms with E-state index in [1.54, 1.807) is 0 Å². The third-order valence-electron chi connectivity index (χ3n) is 2.13. The van der Waals surface area contributed by atoms with Crippen LogP contribution in [0.5, 0.6) is 0 Å². The van der Waals surface area contributed by atoms with Crippen molar-refractivity contribution in [2.75, 3.05) is 13.1 Å². The SMILES string of the molecule is Brc1ccc(SC2CCNC2)cc1. The van der Waals surface area contributed by atoms with E-state index in [4.69, 9.17) is 0 Å². The van der Waals surface area contributed by atoms with Crippen LogP contribution in [-0.2, 0) is 0 Å². The van der Waals surface area contributed by atoms with Gasteiger partial charge in [-0.2, -0.15) is 0 Å². The van der Waals surface area contributed by atoms with Crippen molar-refractivity contribution in [1.82, 2.24) is 5.32 Å². The first-order valence-electron chi connectivity index (χ1n) is 4.47. The molecule has 1 saturated heterocycles. The molecule has 0 bridgehead atoms. The highest BCUT2D eigenvalue weighted by Gasteiger charge is 2.14. The van der Waals surface area contributed by atoms with Gasteiger partial charge in [0.2, 0.25) is 0 Å². The van der Waals surface area contributed by atoms with Crippen molar-refractivity contribution in [2.45, 2.75) is 16.6 Å². The zero-order chi connectivity index (χ0) is 9.10. The largest absolute Gasteiger partial charge is 0.316 e. The maximum atomic E-state index is 3.44. The van der Waals surface area contributed by atoms with E-state index in [-0.39, 0.29) is 0 Å². The summed E-state index contributed by atoms with van der Waals surface area (Å²) >= 11 is 5.41. The van der Waals surface area contributed by atoms with Crippen molar-refractivity contribution in [3.63, 3.8) is 0 Å². The molecule has 0 saturated carbocycles. The van der Waals surface area contributed by atoms with Crippen LogP contribution in [-0.4, -0.2) is 18.3 Å². The number of benzene rings is 1. The summed E-state index contributed by atoms with van der Waals surface area (Å²) < 4.78 is 1.15. The minimum Gasteiger partial charge on any atom is -0.316 e. The van der Waals surface area contributed by atoms with Crippen molar-refractivity contribution < 1.29 is 0 Å². The highest BCUT2D eigenvalue weighted by Crippen LogP contribution is 2.27. The van der Waals surface area contributed by atoms with Crippen LogP contribution in [0.4, 0.5) is 0 Å². The Bertz CT molecular complexity index is 267. The second-order valence-corrected chi connectivity index (χ2v) is 5.48. The lowest BCUT2D eigenvalue weighted by Crippen LogP contribution is -2.09. The molecule has 0 aliphatic carbocycles. The first kappa shape index (κ1) is 9.56. The first-order valence-corrected chi connectivity index (χ1v) is 6.15. The van der Waals surface area contributed by atoms with Gasteiger partial charge in [0.25, 0.3) is 0 Å². The monoisotopic (exact) mass is 257 g/mol. The highest BCUT2D eigenvalue weighted by atomic mass is 79.9. The van der Waals surface area contributed by atoms with Gasteiger partial charge in [-0.15, -0.1) is 11.8 Å². The highest BCUT2D eigenvalue weighted by molar-refractivity contribution is 9.10. The summed E-state index contributed by atoms with van der Waals surface area (Å²) in [6, 6.07) is 8.55. The van der Waals surface area contributed by atoms with Gasteiger partial charge in [0.05, 0.1) is 0 Å². The quantitative estimate of drug-likeness (QED) is 0.875. The third-order valence-corrected chi connectivity index (χ3v) is 3.94. The van der Waals surface area contributed by atoms with E-state index in [2.05, 4.69) is 45.5 Å². The van der Waals surface area contributed by atoms with E-state index in [0.29, 0.717) is 0 Å². The minimum atomic E-state index is 0.765. The van der Waals surface area contributed by atoms with Crippen LogP contribution >= 0.6 is 27.7 Å². The number of hydrogen-bond donors (Lipinski definition) is 1. The molecule has 0 aromatic heterocycles. The number of hydrogen-bond acceptors (Lipinski definition) is 2. The van der Waals surface area contributed by atoms with Crippen molar-refractivity contribution >= 4 is 27.7 Å². The van der Waals surface area contributed by atoms with Crippen molar-refractivity contribution in [2.24, 2.45) is 0 Å². The Morgan fingerprint density at radius 3 is 2.69 bits per heavy atom. The molecule has 13 heavy (non-hydrogen) atoms. The summed E-state index contributed by atoms with van der Waals surface area (Å²) in [5.74, 6) is 0. The van der Waals surface area contributed by atoms with Gasteiger partial charge in [0, 0.05) is 21.2 Å². The number of halogens is 1. The minimum absolute atomic E-state index is 0.765. The van der Waals surface area contributed by atoms with E-state index in [0.717, 1.165) is 16.3 Å². The molecule has 1 aliphatic heterocycles. The molecule has 0 spiro atoms. The Morgan fingerprint density at radius 2 is 2.08 bits per heavy atom. The predicted molar refractivity (Wildman–Crippen MR) is 61.3 cm³/mol. The van der Waals surface area contributed by atoms with E-state index in [1.807, 2.05) is 11.8 Å². The average Bonchev–Trinajstić information content (AvgIpc) is 2.62. The maximum absolute atomic E-state index is 3.44. The molecule has 1 aromatic rings. The Hall–Kier alpha value is 0.01000. The Labute approximate surface area is 91.4 Å². The van der Waals surface area contributed by atoms with Gasteiger partial charge in [-0.05, 0) is 37.2 Å². The average molecular weight is 258 g/mol. The number of nitrogens with one attached hydrogen (secondary N) is 1. The molecule has 1 unspecified atom stereocenters. The smallest absolute Gasteiger partial charge is 0.0231 e. The normalized spacial score (nSPS) is 22.1. The molecule has 1 heterocycles. The van der Waals surface area contributed by atoms with Gasteiger partial charge in [-0.25, -0.2) is 0 Å². The third kappa shape index (κ3) is 2.73. The maximum Gasteiger partial charge on any atom is 0.0231 e. The van der Waals surface area contributed by atoms with Crippen LogP contribution in [0.1, 0.15) is 6.42 Å². The molecule has 1 aromatic carbocycles. The van der Waals surface area contributed by atoms with Gasteiger partial charge in [-0.3, -0.25) is 0 Å². The molecule has 1 N–H and O–H groups in total. The summed E-state index contributed by atoms with van der Waals surface area (Å²) in [4.78, 5) is 1.37. The predicted octanol–water partition coefficient (Wildman–Crippen LogP) is 2.90. The van der Waals surface area contributed by atoms with Crippen LogP contribution in [0.25, 0.3) is 0 Å². The molecule has 1 nitrogen and oxygen atoms in total. The zero-order valence-electron chi connectivity index (χ0n) is 7.29. The van der Waals surface area contributed by atoms with Crippen LogP contribution in [0, 0.1) is 0 Å². The number of rotatable bonds is 2. The van der Waals surface area contributed by atoms with Crippen LogP contribution < -0.4 is 5.32 Å². The second-order valence-electron chi connectivity index (χ2n) is 3.19. The fourth-order valence-corrected chi connectivity index (χ4v) is 2.81. The lowest BCUT2D eigenvalue weighted by Gasteiger charge is -2.07. The summed E-state index contributed by atoms with van der Waals surface area (Å²) in [6.07, 6.45) is 1.29. The molecule has 0 radical (unpaired) electrons. The van der Waals surface area contributed by atoms with E-state index in [9.17, 15) is 0 Å². The van der Waals surface area contributed by atoms with Crippen molar-refractivity contribution in [1.29, 1.82) is 0 Å². The van der Waals surface area contributed by atoms with Gasteiger partial charge in [0.15, 0.2) is 0 Å². The van der Waals surface area contributed by atoms with Crippen molar-refractivity contribution in [3.05, 3.63) is 28.7 Å². The second kappa shape index (κ2) is 4.49. The van der Waals surface area contributed by atoms with Crippen LogP contribution in [0.15, 0.2) is 33.6 Å². The Kier molecular flexibility index (Phi) is 3.30. The topological polar surface area (TPSA) is 12.0 Å². The molecule has 2 rings (SSSR count). The molecule has 0 amide bonds. The fraction of sp³-hybridized carbons (Fsp3) is 0.400. The van der Waals surface area contributed by atoms with Crippen LogP contribution in [0.2, 0.25) is 0 Å². The van der Waals surface area contributed by atoms with E-state index >= 15 is 0 Å². The molecule has 3 heteroatoms. The van der Waals surface area contributed by atoms with Crippen molar-refractivity contribution in [3.8, 4) is 0 Å². The molecular weight excluding hydrogens is 246 g/mol. The van der Waals surface area contributed by atoms with Gasteiger partial charge in [-0.1, -0.05) is 15.9 Å². The van der Waals surface area contributed by atoms with E-state index < -0.39 is 0 Å². The molecule has 1 atom stereocenters. The fourth-order valence-electron chi connectivity index (χ4n) is 1.43. The molecule has 70 valence electrons. The Morgan fingerprint density at radius 1 is 1.31 bits per heavy atom. The van der Waals surface area contributed by atoms with Gasteiger partial charge >= 0.3 is 0 Å². The van der Waals surface area contributed by atoms with Gasteiger partial charge in [0.1, 0.15) is 0 Å². The summed E-state index contributed by atoms with van der Waals surface area (Å²) in [5.41, 5.74) is 0. The molecule has 1 fully saturated rings. The molecule has 1 aliphatic rings.